The molecule has 96 valence electrons. The number of hydrogen-bond donors (Lipinski definition) is 2. The highest BCUT2D eigenvalue weighted by molar-refractivity contribution is 5.81. The van der Waals surface area contributed by atoms with E-state index < -0.39 is 6.04 Å². The van der Waals surface area contributed by atoms with Gasteiger partial charge in [0.1, 0.15) is 0 Å². The Morgan fingerprint density at radius 2 is 1.94 bits per heavy atom. The maximum absolute atomic E-state index is 11.8. The van der Waals surface area contributed by atoms with Gasteiger partial charge in [-0.3, -0.25) is 4.79 Å². The molecule has 0 rings (SSSR count). The van der Waals surface area contributed by atoms with Crippen molar-refractivity contribution < 1.29 is 19.4 Å². The summed E-state index contributed by atoms with van der Waals surface area (Å²) in [6, 6.07) is -0.580. The highest BCUT2D eigenvalue weighted by atomic mass is 16.5. The van der Waals surface area contributed by atoms with Crippen LogP contribution in [0.2, 0.25) is 0 Å². The summed E-state index contributed by atoms with van der Waals surface area (Å²) in [6.45, 7) is 1.53. The molecule has 0 aromatic rings. The van der Waals surface area contributed by atoms with E-state index in [2.05, 4.69) is 0 Å². The number of hydrogen-bond acceptors (Lipinski definition) is 5. The number of amides is 1. The Labute approximate surface area is 96.3 Å². The molecule has 0 bridgehead atoms. The van der Waals surface area contributed by atoms with Gasteiger partial charge in [0.2, 0.25) is 5.91 Å². The van der Waals surface area contributed by atoms with E-state index >= 15 is 0 Å². The quantitative estimate of drug-likeness (QED) is 0.524. The number of carbonyl (C=O) groups is 1. The fraction of sp³-hybridized carbons (Fsp3) is 0.900. The molecule has 0 fully saturated rings. The summed E-state index contributed by atoms with van der Waals surface area (Å²) in [5.74, 6) is -0.178. The van der Waals surface area contributed by atoms with Crippen LogP contribution in [0.5, 0.6) is 0 Å². The number of nitrogens with two attached hydrogens (primary N) is 1. The van der Waals surface area contributed by atoms with Crippen LogP contribution in [0, 0.1) is 0 Å². The van der Waals surface area contributed by atoms with E-state index in [0.29, 0.717) is 26.2 Å². The normalized spacial score (nSPS) is 12.5. The van der Waals surface area contributed by atoms with Gasteiger partial charge in [-0.2, -0.15) is 0 Å². The van der Waals surface area contributed by atoms with Crippen molar-refractivity contribution in [3.8, 4) is 0 Å². The molecule has 1 unspecified atom stereocenters. The number of aliphatic hydroxyl groups is 1. The molecule has 0 radical (unpaired) electrons. The van der Waals surface area contributed by atoms with Crippen LogP contribution in [0.1, 0.15) is 6.42 Å². The molecule has 3 N–H and O–H groups in total. The highest BCUT2D eigenvalue weighted by Gasteiger charge is 2.19. The fourth-order valence-electron chi connectivity index (χ4n) is 1.26. The van der Waals surface area contributed by atoms with Gasteiger partial charge in [0.05, 0.1) is 19.3 Å². The summed E-state index contributed by atoms with van der Waals surface area (Å²) in [5, 5.41) is 8.84. The molecule has 0 aromatic carbocycles. The van der Waals surface area contributed by atoms with Crippen LogP contribution in [-0.2, 0) is 14.3 Å². The molecular formula is C10H22N2O4. The molecule has 6 heteroatoms. The van der Waals surface area contributed by atoms with Crippen LogP contribution in [0.4, 0.5) is 0 Å². The third kappa shape index (κ3) is 6.02. The van der Waals surface area contributed by atoms with Crippen LogP contribution < -0.4 is 5.73 Å². The zero-order valence-corrected chi connectivity index (χ0v) is 10.0. The maximum Gasteiger partial charge on any atom is 0.239 e. The molecule has 0 saturated carbocycles. The molecular weight excluding hydrogens is 212 g/mol. The van der Waals surface area contributed by atoms with Crippen molar-refractivity contribution in [1.82, 2.24) is 4.90 Å². The minimum absolute atomic E-state index is 0.0769. The summed E-state index contributed by atoms with van der Waals surface area (Å²) in [7, 11) is 3.13. The lowest BCUT2D eigenvalue weighted by Crippen LogP contribution is -2.46. The highest BCUT2D eigenvalue weighted by Crippen LogP contribution is 1.98. The molecule has 0 saturated heterocycles. The minimum Gasteiger partial charge on any atom is -0.395 e. The topological polar surface area (TPSA) is 85.0 Å². The van der Waals surface area contributed by atoms with Crippen molar-refractivity contribution in [2.24, 2.45) is 5.73 Å². The lowest BCUT2D eigenvalue weighted by molar-refractivity contribution is -0.134. The van der Waals surface area contributed by atoms with Crippen molar-refractivity contribution in [3.63, 3.8) is 0 Å². The molecule has 0 aromatic heterocycles. The van der Waals surface area contributed by atoms with Crippen LogP contribution in [-0.4, -0.2) is 69.1 Å². The predicted molar refractivity (Wildman–Crippen MR) is 60.0 cm³/mol. The first-order valence-electron chi connectivity index (χ1n) is 5.30. The van der Waals surface area contributed by atoms with Gasteiger partial charge in [-0.1, -0.05) is 0 Å². The van der Waals surface area contributed by atoms with Gasteiger partial charge < -0.3 is 25.2 Å². The second kappa shape index (κ2) is 9.53. The Balaban J connectivity index is 4.12. The zero-order valence-electron chi connectivity index (χ0n) is 10.0. The van der Waals surface area contributed by atoms with Crippen molar-refractivity contribution in [1.29, 1.82) is 0 Å². The van der Waals surface area contributed by atoms with E-state index in [0.717, 1.165) is 0 Å². The Kier molecular flexibility index (Phi) is 9.12. The molecule has 0 heterocycles. The molecule has 0 aliphatic carbocycles. The number of rotatable bonds is 9. The zero-order chi connectivity index (χ0) is 12.4. The van der Waals surface area contributed by atoms with Crippen molar-refractivity contribution in [2.75, 3.05) is 47.1 Å². The number of carbonyl (C=O) groups excluding carboxylic acids is 1. The largest absolute Gasteiger partial charge is 0.395 e. The molecule has 0 spiro atoms. The van der Waals surface area contributed by atoms with E-state index in [-0.39, 0.29) is 19.1 Å². The van der Waals surface area contributed by atoms with Crippen LogP contribution in [0.15, 0.2) is 0 Å². The number of nitrogens with zero attached hydrogens (tertiary/aromatic N) is 1. The average Bonchev–Trinajstić information content (AvgIpc) is 2.30. The van der Waals surface area contributed by atoms with Crippen molar-refractivity contribution in [3.05, 3.63) is 0 Å². The standard InChI is InChI=1S/C10H22N2O4/c1-15-7-3-9(11)10(14)12(4-6-13)5-8-16-2/h9,13H,3-8,11H2,1-2H3. The maximum atomic E-state index is 11.8. The van der Waals surface area contributed by atoms with Crippen molar-refractivity contribution in [2.45, 2.75) is 12.5 Å². The Bertz CT molecular complexity index is 190. The van der Waals surface area contributed by atoms with Crippen LogP contribution in [0.3, 0.4) is 0 Å². The Morgan fingerprint density at radius 3 is 2.44 bits per heavy atom. The lowest BCUT2D eigenvalue weighted by atomic mass is 10.2. The summed E-state index contributed by atoms with van der Waals surface area (Å²) < 4.78 is 9.75. The van der Waals surface area contributed by atoms with Gasteiger partial charge >= 0.3 is 0 Å². The molecule has 6 nitrogen and oxygen atoms in total. The molecule has 0 aliphatic heterocycles. The SMILES string of the molecule is COCCC(N)C(=O)N(CCO)CCOC. The van der Waals surface area contributed by atoms with Gasteiger partial charge in [-0.05, 0) is 6.42 Å². The first-order valence-corrected chi connectivity index (χ1v) is 5.30. The van der Waals surface area contributed by atoms with Gasteiger partial charge in [0, 0.05) is 33.9 Å². The lowest BCUT2D eigenvalue weighted by Gasteiger charge is -2.24. The molecule has 1 atom stereocenters. The second-order valence-corrected chi connectivity index (χ2v) is 3.43. The van der Waals surface area contributed by atoms with E-state index in [1.807, 2.05) is 0 Å². The fourth-order valence-corrected chi connectivity index (χ4v) is 1.26. The van der Waals surface area contributed by atoms with Crippen LogP contribution >= 0.6 is 0 Å². The average molecular weight is 234 g/mol. The first kappa shape index (κ1) is 15.3. The van der Waals surface area contributed by atoms with E-state index in [4.69, 9.17) is 20.3 Å². The first-order chi connectivity index (χ1) is 7.67. The van der Waals surface area contributed by atoms with Gasteiger partial charge in [-0.15, -0.1) is 0 Å². The summed E-state index contributed by atoms with van der Waals surface area (Å²) in [5.41, 5.74) is 5.71. The third-order valence-electron chi connectivity index (χ3n) is 2.20. The van der Waals surface area contributed by atoms with Gasteiger partial charge in [0.15, 0.2) is 0 Å². The van der Waals surface area contributed by atoms with Crippen LogP contribution in [0.25, 0.3) is 0 Å². The summed E-state index contributed by atoms with van der Waals surface area (Å²) in [6.07, 6.45) is 0.476. The molecule has 16 heavy (non-hydrogen) atoms. The number of aliphatic hydroxyl groups excluding tert-OH is 1. The second-order valence-electron chi connectivity index (χ2n) is 3.43. The molecule has 1 amide bonds. The van der Waals surface area contributed by atoms with Gasteiger partial charge in [-0.25, -0.2) is 0 Å². The Morgan fingerprint density at radius 1 is 1.31 bits per heavy atom. The minimum atomic E-state index is -0.580. The summed E-state index contributed by atoms with van der Waals surface area (Å²) in [4.78, 5) is 13.3. The Hall–Kier alpha value is -0.690. The number of methoxy groups -OCH3 is 2. The third-order valence-corrected chi connectivity index (χ3v) is 2.20. The van der Waals surface area contributed by atoms with E-state index in [1.165, 1.54) is 4.90 Å². The number of ether oxygens (including phenoxy) is 2. The van der Waals surface area contributed by atoms with E-state index in [1.54, 1.807) is 14.2 Å². The predicted octanol–water partition coefficient (Wildman–Crippen LogP) is -1.18. The van der Waals surface area contributed by atoms with Crippen molar-refractivity contribution >= 4 is 5.91 Å². The summed E-state index contributed by atoms with van der Waals surface area (Å²) >= 11 is 0. The van der Waals surface area contributed by atoms with Gasteiger partial charge in [0.25, 0.3) is 0 Å². The monoisotopic (exact) mass is 234 g/mol. The molecule has 0 aliphatic rings. The van der Waals surface area contributed by atoms with E-state index in [9.17, 15) is 4.79 Å². The smallest absolute Gasteiger partial charge is 0.239 e.